The summed E-state index contributed by atoms with van der Waals surface area (Å²) in [5.74, 6) is 0. The summed E-state index contributed by atoms with van der Waals surface area (Å²) in [5, 5.41) is 3.60. The number of nitrogens with one attached hydrogen (secondary N) is 2. The van der Waals surface area contributed by atoms with Gasteiger partial charge in [0, 0.05) is 0 Å². The van der Waals surface area contributed by atoms with E-state index in [1.165, 1.54) is 11.8 Å². The highest BCUT2D eigenvalue weighted by atomic mass is 32.2. The minimum atomic E-state index is -3.39. The molecule has 0 saturated carbocycles. The molecule has 0 aliphatic rings. The number of sulfonamides is 1. The highest BCUT2D eigenvalue weighted by Gasteiger charge is 2.27. The van der Waals surface area contributed by atoms with Gasteiger partial charge in [-0.3, -0.25) is 0 Å². The highest BCUT2D eigenvalue weighted by Crippen LogP contribution is 2.29. The van der Waals surface area contributed by atoms with Crippen molar-refractivity contribution in [3.8, 4) is 0 Å². The van der Waals surface area contributed by atoms with Crippen molar-refractivity contribution >= 4 is 10.0 Å². The molecule has 0 bridgehead atoms. The minimum absolute atomic E-state index is 0.177. The van der Waals surface area contributed by atoms with Crippen molar-refractivity contribution in [3.63, 3.8) is 0 Å². The molecule has 0 amide bonds. The average Bonchev–Trinajstić information content (AvgIpc) is 2.74. The third-order valence-corrected chi connectivity index (χ3v) is 5.52. The minimum Gasteiger partial charge on any atom is -0.308 e. The lowest BCUT2D eigenvalue weighted by Gasteiger charge is -2.29. The van der Waals surface area contributed by atoms with Crippen LogP contribution in [-0.2, 0) is 16.4 Å². The zero-order chi connectivity index (χ0) is 20.5. The number of hydrogen-bond acceptors (Lipinski definition) is 3. The molecule has 3 aromatic rings. The molecule has 0 saturated heterocycles. The zero-order valence-electron chi connectivity index (χ0n) is 16.7. The lowest BCUT2D eigenvalue weighted by atomic mass is 9.94. The molecule has 2 atom stereocenters. The maximum atomic E-state index is 12.1. The SMILES string of the molecule is CS(=O)(=O)N[C@H](c1ccccc1)[C@H](NCCCc1ccccc1)c1ccccc1. The Morgan fingerprint density at radius 3 is 1.72 bits per heavy atom. The molecule has 0 aromatic heterocycles. The number of benzene rings is 3. The van der Waals surface area contributed by atoms with Gasteiger partial charge in [-0.2, -0.15) is 0 Å². The summed E-state index contributed by atoms with van der Waals surface area (Å²) in [6.45, 7) is 0.781. The predicted molar refractivity (Wildman–Crippen MR) is 119 cm³/mol. The summed E-state index contributed by atoms with van der Waals surface area (Å²) in [5.41, 5.74) is 3.29. The van der Waals surface area contributed by atoms with E-state index >= 15 is 0 Å². The van der Waals surface area contributed by atoms with Crippen molar-refractivity contribution in [2.75, 3.05) is 12.8 Å². The molecule has 5 heteroatoms. The second-order valence-electron chi connectivity index (χ2n) is 7.21. The first-order valence-electron chi connectivity index (χ1n) is 9.87. The Labute approximate surface area is 174 Å². The summed E-state index contributed by atoms with van der Waals surface area (Å²) < 4.78 is 27.1. The topological polar surface area (TPSA) is 58.2 Å². The average molecular weight is 409 g/mol. The van der Waals surface area contributed by atoms with Crippen LogP contribution in [0.1, 0.15) is 35.2 Å². The Kier molecular flexibility index (Phi) is 7.58. The van der Waals surface area contributed by atoms with Gasteiger partial charge >= 0.3 is 0 Å². The van der Waals surface area contributed by atoms with Crippen LogP contribution in [0.3, 0.4) is 0 Å². The van der Waals surface area contributed by atoms with Gasteiger partial charge in [0.1, 0.15) is 0 Å². The Morgan fingerprint density at radius 1 is 0.724 bits per heavy atom. The third kappa shape index (κ3) is 6.82. The van der Waals surface area contributed by atoms with Crippen molar-refractivity contribution < 1.29 is 8.42 Å². The Bertz CT molecular complexity index is 962. The number of hydrogen-bond donors (Lipinski definition) is 2. The van der Waals surface area contributed by atoms with Crippen LogP contribution in [0.5, 0.6) is 0 Å². The standard InChI is InChI=1S/C24H28N2O2S/c1-29(27,28)26-24(22-17-9-4-10-18-22)23(21-15-7-3-8-16-21)25-19-11-14-20-12-5-2-6-13-20/h2-10,12-13,15-18,23-26H,11,14,19H2,1H3/t23-,24-/m1/s1. The van der Waals surface area contributed by atoms with Crippen molar-refractivity contribution in [1.29, 1.82) is 0 Å². The molecular formula is C24H28N2O2S. The second kappa shape index (κ2) is 10.3. The molecule has 4 nitrogen and oxygen atoms in total. The lowest BCUT2D eigenvalue weighted by molar-refractivity contribution is 0.421. The maximum Gasteiger partial charge on any atom is 0.209 e. The van der Waals surface area contributed by atoms with Crippen molar-refractivity contribution in [3.05, 3.63) is 108 Å². The molecule has 0 unspecified atom stereocenters. The van der Waals surface area contributed by atoms with Gasteiger partial charge in [0.25, 0.3) is 0 Å². The quantitative estimate of drug-likeness (QED) is 0.493. The summed E-state index contributed by atoms with van der Waals surface area (Å²) in [6, 6.07) is 29.6. The Morgan fingerprint density at radius 2 is 1.21 bits per heavy atom. The van der Waals surface area contributed by atoms with Crippen LogP contribution >= 0.6 is 0 Å². The molecule has 29 heavy (non-hydrogen) atoms. The first-order chi connectivity index (χ1) is 14.0. The monoisotopic (exact) mass is 408 g/mol. The maximum absolute atomic E-state index is 12.1. The van der Waals surface area contributed by atoms with Crippen LogP contribution < -0.4 is 10.0 Å². The normalized spacial score (nSPS) is 13.7. The first-order valence-corrected chi connectivity index (χ1v) is 11.8. The van der Waals surface area contributed by atoms with Gasteiger partial charge in [-0.25, -0.2) is 13.1 Å². The summed E-state index contributed by atoms with van der Waals surface area (Å²) in [6.07, 6.45) is 3.15. The van der Waals surface area contributed by atoms with Crippen LogP contribution in [0, 0.1) is 0 Å². The number of rotatable bonds is 10. The first kappa shape index (κ1) is 21.2. The van der Waals surface area contributed by atoms with Crippen LogP contribution in [0.15, 0.2) is 91.0 Å². The Hall–Kier alpha value is -2.47. The molecule has 2 N–H and O–H groups in total. The van der Waals surface area contributed by atoms with Gasteiger partial charge in [0.2, 0.25) is 10.0 Å². The van der Waals surface area contributed by atoms with Crippen molar-refractivity contribution in [2.45, 2.75) is 24.9 Å². The Balaban J connectivity index is 1.80. The molecule has 0 radical (unpaired) electrons. The fraction of sp³-hybridized carbons (Fsp3) is 0.250. The fourth-order valence-corrected chi connectivity index (χ4v) is 4.24. The summed E-state index contributed by atoms with van der Waals surface area (Å²) in [7, 11) is -3.39. The summed E-state index contributed by atoms with van der Waals surface area (Å²) in [4.78, 5) is 0. The fourth-order valence-electron chi connectivity index (χ4n) is 3.50. The van der Waals surface area contributed by atoms with Gasteiger partial charge in [-0.1, -0.05) is 91.0 Å². The smallest absolute Gasteiger partial charge is 0.209 e. The third-order valence-electron chi connectivity index (χ3n) is 4.84. The molecule has 0 fully saturated rings. The van der Waals surface area contributed by atoms with E-state index in [2.05, 4.69) is 34.3 Å². The zero-order valence-corrected chi connectivity index (χ0v) is 17.5. The van der Waals surface area contributed by atoms with Gasteiger partial charge in [0.15, 0.2) is 0 Å². The van der Waals surface area contributed by atoms with E-state index in [4.69, 9.17) is 0 Å². The van der Waals surface area contributed by atoms with Crippen LogP contribution in [0.2, 0.25) is 0 Å². The molecule has 0 aliphatic heterocycles. The predicted octanol–water partition coefficient (Wildman–Crippen LogP) is 4.24. The largest absolute Gasteiger partial charge is 0.308 e. The van der Waals surface area contributed by atoms with Crippen LogP contribution in [0.4, 0.5) is 0 Å². The molecule has 0 spiro atoms. The molecule has 0 aliphatic carbocycles. The van der Waals surface area contributed by atoms with Gasteiger partial charge in [-0.15, -0.1) is 0 Å². The van der Waals surface area contributed by atoms with Gasteiger partial charge in [0.05, 0.1) is 18.3 Å². The molecular weight excluding hydrogens is 380 g/mol. The van der Waals surface area contributed by atoms with E-state index in [9.17, 15) is 8.42 Å². The summed E-state index contributed by atoms with van der Waals surface area (Å²) >= 11 is 0. The van der Waals surface area contributed by atoms with Crippen molar-refractivity contribution in [1.82, 2.24) is 10.0 Å². The van der Waals surface area contributed by atoms with Crippen molar-refractivity contribution in [2.24, 2.45) is 0 Å². The molecule has 0 heterocycles. The lowest BCUT2D eigenvalue weighted by Crippen LogP contribution is -2.38. The number of aryl methyl sites for hydroxylation is 1. The van der Waals surface area contributed by atoms with E-state index in [1.54, 1.807) is 0 Å². The highest BCUT2D eigenvalue weighted by molar-refractivity contribution is 7.88. The van der Waals surface area contributed by atoms with Gasteiger partial charge < -0.3 is 5.32 Å². The molecule has 152 valence electrons. The van der Waals surface area contributed by atoms with Crippen LogP contribution in [-0.4, -0.2) is 21.2 Å². The van der Waals surface area contributed by atoms with E-state index < -0.39 is 16.1 Å². The van der Waals surface area contributed by atoms with E-state index in [0.29, 0.717) is 0 Å². The van der Waals surface area contributed by atoms with E-state index in [-0.39, 0.29) is 6.04 Å². The molecule has 3 aromatic carbocycles. The van der Waals surface area contributed by atoms with E-state index in [0.717, 1.165) is 30.5 Å². The second-order valence-corrected chi connectivity index (χ2v) is 8.99. The van der Waals surface area contributed by atoms with Gasteiger partial charge in [-0.05, 0) is 36.1 Å². The van der Waals surface area contributed by atoms with Crippen LogP contribution in [0.25, 0.3) is 0 Å². The molecule has 3 rings (SSSR count). The van der Waals surface area contributed by atoms with E-state index in [1.807, 2.05) is 66.7 Å².